The lowest BCUT2D eigenvalue weighted by Crippen LogP contribution is -2.14. The number of anilines is 2. The number of nitrogens with one attached hydrogen (secondary N) is 1. The summed E-state index contributed by atoms with van der Waals surface area (Å²) in [4.78, 5) is 7.72. The number of nitrogen functional groups attached to an aromatic ring is 1. The zero-order chi connectivity index (χ0) is 11.3. The van der Waals surface area contributed by atoms with Crippen LogP contribution < -0.4 is 11.1 Å². The molecule has 0 saturated carbocycles. The molecule has 5 nitrogen and oxygen atoms in total. The third kappa shape index (κ3) is 4.31. The van der Waals surface area contributed by atoms with E-state index in [1.807, 2.05) is 13.8 Å². The maximum absolute atomic E-state index is 5.85. The number of aromatic nitrogens is 2. The predicted molar refractivity (Wildman–Crippen MR) is 61.0 cm³/mol. The highest BCUT2D eigenvalue weighted by Gasteiger charge is 2.02. The van der Waals surface area contributed by atoms with Gasteiger partial charge in [-0.3, -0.25) is 0 Å². The van der Waals surface area contributed by atoms with E-state index in [1.165, 1.54) is 6.20 Å². The maximum atomic E-state index is 5.85. The van der Waals surface area contributed by atoms with Crippen LogP contribution in [-0.2, 0) is 4.74 Å². The first-order valence-electron chi connectivity index (χ1n) is 4.73. The Morgan fingerprint density at radius 1 is 1.60 bits per heavy atom. The fourth-order valence-corrected chi connectivity index (χ4v) is 1.13. The molecule has 3 N–H and O–H groups in total. The van der Waals surface area contributed by atoms with Crippen LogP contribution in [0.4, 0.5) is 11.8 Å². The summed E-state index contributed by atoms with van der Waals surface area (Å²) >= 11 is 5.85. The Morgan fingerprint density at radius 2 is 2.33 bits per heavy atom. The molecular formula is C9H15ClN4O. The maximum Gasteiger partial charge on any atom is 0.222 e. The first-order valence-corrected chi connectivity index (χ1v) is 5.11. The lowest BCUT2D eigenvalue weighted by atomic mass is 10.5. The number of hydrogen-bond donors (Lipinski definition) is 2. The van der Waals surface area contributed by atoms with Crippen LogP contribution in [0.15, 0.2) is 6.20 Å². The number of rotatable bonds is 5. The van der Waals surface area contributed by atoms with Crippen molar-refractivity contribution in [1.82, 2.24) is 9.97 Å². The van der Waals surface area contributed by atoms with Crippen molar-refractivity contribution in [2.24, 2.45) is 0 Å². The summed E-state index contributed by atoms with van der Waals surface area (Å²) in [5.41, 5.74) is 5.43. The van der Waals surface area contributed by atoms with Gasteiger partial charge < -0.3 is 15.8 Å². The second-order valence-corrected chi connectivity index (χ2v) is 3.68. The molecular weight excluding hydrogens is 216 g/mol. The molecule has 0 saturated heterocycles. The van der Waals surface area contributed by atoms with Gasteiger partial charge in [-0.05, 0) is 13.8 Å². The average Bonchev–Trinajstić information content (AvgIpc) is 2.17. The van der Waals surface area contributed by atoms with E-state index in [9.17, 15) is 0 Å². The topological polar surface area (TPSA) is 73.1 Å². The molecule has 84 valence electrons. The van der Waals surface area contributed by atoms with Gasteiger partial charge in [-0.25, -0.2) is 4.98 Å². The van der Waals surface area contributed by atoms with Crippen molar-refractivity contribution in [3.8, 4) is 0 Å². The summed E-state index contributed by atoms with van der Waals surface area (Å²) in [5, 5.41) is 3.47. The molecule has 6 heteroatoms. The second-order valence-electron chi connectivity index (χ2n) is 3.27. The van der Waals surface area contributed by atoms with E-state index in [1.54, 1.807) is 0 Å². The van der Waals surface area contributed by atoms with Crippen LogP contribution in [0.1, 0.15) is 13.8 Å². The van der Waals surface area contributed by atoms with Gasteiger partial charge in [0.25, 0.3) is 0 Å². The van der Waals surface area contributed by atoms with Crippen LogP contribution >= 0.6 is 11.6 Å². The Bertz CT molecular complexity index is 319. The van der Waals surface area contributed by atoms with Crippen LogP contribution in [-0.4, -0.2) is 29.2 Å². The standard InChI is InChI=1S/C9H15ClN4O/c1-6(2)15-4-3-12-8-7(10)5-13-9(11)14-8/h5-6H,3-4H2,1-2H3,(H3,11,12,13,14). The smallest absolute Gasteiger partial charge is 0.222 e. The third-order valence-corrected chi connectivity index (χ3v) is 1.89. The van der Waals surface area contributed by atoms with Crippen molar-refractivity contribution in [3.63, 3.8) is 0 Å². The van der Waals surface area contributed by atoms with Crippen molar-refractivity contribution in [2.75, 3.05) is 24.2 Å². The van der Waals surface area contributed by atoms with Gasteiger partial charge in [-0.15, -0.1) is 0 Å². The summed E-state index contributed by atoms with van der Waals surface area (Å²) in [6, 6.07) is 0. The lowest BCUT2D eigenvalue weighted by molar-refractivity contribution is 0.0870. The molecule has 0 radical (unpaired) electrons. The van der Waals surface area contributed by atoms with E-state index in [0.717, 1.165) is 0 Å². The molecule has 0 aliphatic carbocycles. The Balaban J connectivity index is 2.40. The van der Waals surface area contributed by atoms with Gasteiger partial charge in [0.15, 0.2) is 5.82 Å². The molecule has 15 heavy (non-hydrogen) atoms. The van der Waals surface area contributed by atoms with Gasteiger partial charge in [0, 0.05) is 6.54 Å². The van der Waals surface area contributed by atoms with E-state index >= 15 is 0 Å². The van der Waals surface area contributed by atoms with Gasteiger partial charge in [-0.1, -0.05) is 11.6 Å². The minimum atomic E-state index is 0.201. The molecule has 1 rings (SSSR count). The van der Waals surface area contributed by atoms with E-state index in [2.05, 4.69) is 15.3 Å². The third-order valence-electron chi connectivity index (χ3n) is 1.61. The highest BCUT2D eigenvalue weighted by atomic mass is 35.5. The first-order chi connectivity index (χ1) is 7.09. The van der Waals surface area contributed by atoms with Gasteiger partial charge in [0.05, 0.1) is 18.9 Å². The Hall–Kier alpha value is -1.07. The molecule has 0 fully saturated rings. The molecule has 1 aromatic rings. The number of halogens is 1. The second kappa shape index (κ2) is 5.72. The van der Waals surface area contributed by atoms with E-state index in [4.69, 9.17) is 22.1 Å². The number of nitrogens with zero attached hydrogens (tertiary/aromatic N) is 2. The van der Waals surface area contributed by atoms with Crippen molar-refractivity contribution in [2.45, 2.75) is 20.0 Å². The Kier molecular flexibility index (Phi) is 4.58. The zero-order valence-electron chi connectivity index (χ0n) is 8.83. The van der Waals surface area contributed by atoms with Crippen LogP contribution in [0, 0.1) is 0 Å². The summed E-state index contributed by atoms with van der Waals surface area (Å²) in [7, 11) is 0. The molecule has 0 bridgehead atoms. The number of ether oxygens (including phenoxy) is 1. The number of nitrogens with two attached hydrogens (primary N) is 1. The minimum absolute atomic E-state index is 0.201. The van der Waals surface area contributed by atoms with E-state index in [0.29, 0.717) is 24.0 Å². The molecule has 1 aromatic heterocycles. The van der Waals surface area contributed by atoms with Crippen LogP contribution in [0.25, 0.3) is 0 Å². The first kappa shape index (κ1) is 12.0. The van der Waals surface area contributed by atoms with Crippen molar-refractivity contribution in [1.29, 1.82) is 0 Å². The quantitative estimate of drug-likeness (QED) is 0.751. The van der Waals surface area contributed by atoms with Gasteiger partial charge in [0.2, 0.25) is 5.95 Å². The summed E-state index contributed by atoms with van der Waals surface area (Å²) < 4.78 is 5.35. The SMILES string of the molecule is CC(C)OCCNc1nc(N)ncc1Cl. The molecule has 0 unspecified atom stereocenters. The Morgan fingerprint density at radius 3 is 3.00 bits per heavy atom. The number of hydrogen-bond acceptors (Lipinski definition) is 5. The molecule has 0 aliphatic heterocycles. The Labute approximate surface area is 94.0 Å². The van der Waals surface area contributed by atoms with Crippen molar-refractivity contribution < 1.29 is 4.74 Å². The summed E-state index contributed by atoms with van der Waals surface area (Å²) in [5.74, 6) is 0.739. The van der Waals surface area contributed by atoms with Gasteiger partial charge in [-0.2, -0.15) is 4.98 Å². The highest BCUT2D eigenvalue weighted by Crippen LogP contribution is 2.17. The van der Waals surface area contributed by atoms with Crippen LogP contribution in [0.2, 0.25) is 5.02 Å². The van der Waals surface area contributed by atoms with Crippen LogP contribution in [0.5, 0.6) is 0 Å². The zero-order valence-corrected chi connectivity index (χ0v) is 9.58. The highest BCUT2D eigenvalue weighted by molar-refractivity contribution is 6.32. The monoisotopic (exact) mass is 230 g/mol. The van der Waals surface area contributed by atoms with E-state index < -0.39 is 0 Å². The van der Waals surface area contributed by atoms with Gasteiger partial charge >= 0.3 is 0 Å². The summed E-state index contributed by atoms with van der Waals surface area (Å²) in [6.45, 7) is 5.19. The molecule has 0 aromatic carbocycles. The van der Waals surface area contributed by atoms with Gasteiger partial charge in [0.1, 0.15) is 5.02 Å². The summed E-state index contributed by atoms with van der Waals surface area (Å²) in [6.07, 6.45) is 1.69. The predicted octanol–water partition coefficient (Wildman–Crippen LogP) is 1.55. The average molecular weight is 231 g/mol. The fourth-order valence-electron chi connectivity index (χ4n) is 0.969. The fraction of sp³-hybridized carbons (Fsp3) is 0.556. The molecule has 0 amide bonds. The minimum Gasteiger partial charge on any atom is -0.377 e. The van der Waals surface area contributed by atoms with E-state index in [-0.39, 0.29) is 12.1 Å². The normalized spacial score (nSPS) is 10.7. The molecule has 0 atom stereocenters. The lowest BCUT2D eigenvalue weighted by Gasteiger charge is -2.09. The van der Waals surface area contributed by atoms with Crippen molar-refractivity contribution in [3.05, 3.63) is 11.2 Å². The largest absolute Gasteiger partial charge is 0.377 e. The molecule has 0 spiro atoms. The molecule has 0 aliphatic rings. The molecule has 1 heterocycles. The van der Waals surface area contributed by atoms with Crippen molar-refractivity contribution >= 4 is 23.4 Å². The van der Waals surface area contributed by atoms with Crippen LogP contribution in [0.3, 0.4) is 0 Å².